The first kappa shape index (κ1) is 15.6. The largest absolute Gasteiger partial charge is 0.355 e. The SMILES string of the molecule is CC(=O)N1CCc2c([nH]c3ccccc23)[C@@]12C(=O)Nc1ccc(Br)cc12. The number of carbonyl (C=O) groups is 2. The molecule has 2 N–H and O–H groups in total. The molecule has 0 saturated heterocycles. The lowest BCUT2D eigenvalue weighted by Crippen LogP contribution is -2.57. The van der Waals surface area contributed by atoms with Crippen molar-refractivity contribution in [3.63, 3.8) is 0 Å². The number of H-pyrrole nitrogens is 1. The summed E-state index contributed by atoms with van der Waals surface area (Å²) in [6.45, 7) is 2.03. The van der Waals surface area contributed by atoms with Crippen LogP contribution in [0.25, 0.3) is 10.9 Å². The molecule has 2 amide bonds. The van der Waals surface area contributed by atoms with Gasteiger partial charge in [0.1, 0.15) is 0 Å². The van der Waals surface area contributed by atoms with Crippen LogP contribution in [0.5, 0.6) is 0 Å². The molecule has 0 unspecified atom stereocenters. The Balaban J connectivity index is 1.91. The number of hydrogen-bond donors (Lipinski definition) is 2. The molecule has 0 fully saturated rings. The van der Waals surface area contributed by atoms with E-state index < -0.39 is 5.54 Å². The molecular weight excluding hydrogens is 394 g/mol. The minimum Gasteiger partial charge on any atom is -0.355 e. The number of aromatic amines is 1. The van der Waals surface area contributed by atoms with Crippen LogP contribution in [-0.4, -0.2) is 28.2 Å². The van der Waals surface area contributed by atoms with Gasteiger partial charge in [-0.1, -0.05) is 34.1 Å². The molecule has 0 aliphatic carbocycles. The molecule has 1 spiro atoms. The van der Waals surface area contributed by atoms with Crippen LogP contribution in [0.2, 0.25) is 0 Å². The number of carbonyl (C=O) groups excluding carboxylic acids is 2. The molecule has 3 heterocycles. The van der Waals surface area contributed by atoms with Crippen molar-refractivity contribution in [2.24, 2.45) is 0 Å². The Morgan fingerprint density at radius 1 is 1.23 bits per heavy atom. The first-order valence-electron chi connectivity index (χ1n) is 8.53. The summed E-state index contributed by atoms with van der Waals surface area (Å²) < 4.78 is 0.874. The van der Waals surface area contributed by atoms with Crippen molar-refractivity contribution in [2.75, 3.05) is 11.9 Å². The van der Waals surface area contributed by atoms with Crippen LogP contribution in [0, 0.1) is 0 Å². The van der Waals surface area contributed by atoms with Gasteiger partial charge >= 0.3 is 0 Å². The molecule has 2 aromatic carbocycles. The van der Waals surface area contributed by atoms with Crippen molar-refractivity contribution in [1.82, 2.24) is 9.88 Å². The number of aromatic nitrogens is 1. The lowest BCUT2D eigenvalue weighted by molar-refractivity contribution is -0.142. The van der Waals surface area contributed by atoms with E-state index in [-0.39, 0.29) is 11.8 Å². The summed E-state index contributed by atoms with van der Waals surface area (Å²) in [5, 5.41) is 4.09. The van der Waals surface area contributed by atoms with E-state index in [4.69, 9.17) is 0 Å². The Morgan fingerprint density at radius 3 is 2.85 bits per heavy atom. The second-order valence-corrected chi connectivity index (χ2v) is 7.71. The third kappa shape index (κ3) is 1.80. The molecular formula is C20H16BrN3O2. The number of para-hydroxylation sites is 1. The molecule has 2 aliphatic heterocycles. The van der Waals surface area contributed by atoms with Gasteiger partial charge in [-0.15, -0.1) is 0 Å². The second kappa shape index (κ2) is 5.20. The fourth-order valence-electron chi connectivity index (χ4n) is 4.46. The Hall–Kier alpha value is -2.60. The molecule has 5 nitrogen and oxygen atoms in total. The number of hydrogen-bond acceptors (Lipinski definition) is 2. The standard InChI is InChI=1S/C20H16BrN3O2/c1-11(25)24-9-8-14-13-4-2-3-5-16(13)22-18(14)20(24)15-10-12(21)6-7-17(15)23-19(20)26/h2-7,10,22H,8-9H2,1H3,(H,23,26)/t20-/m0/s1. The van der Waals surface area contributed by atoms with Crippen molar-refractivity contribution in [1.29, 1.82) is 0 Å². The number of fused-ring (bicyclic) bond motifs is 6. The first-order chi connectivity index (χ1) is 12.5. The summed E-state index contributed by atoms with van der Waals surface area (Å²) in [6, 6.07) is 13.7. The van der Waals surface area contributed by atoms with Gasteiger partial charge < -0.3 is 15.2 Å². The average Bonchev–Trinajstić information content (AvgIpc) is 3.13. The van der Waals surface area contributed by atoms with E-state index in [1.807, 2.05) is 36.4 Å². The maximum Gasteiger partial charge on any atom is 0.261 e. The highest BCUT2D eigenvalue weighted by atomic mass is 79.9. The van der Waals surface area contributed by atoms with Crippen molar-refractivity contribution >= 4 is 44.3 Å². The molecule has 5 rings (SSSR count). The zero-order valence-electron chi connectivity index (χ0n) is 14.1. The number of amides is 2. The predicted molar refractivity (Wildman–Crippen MR) is 103 cm³/mol. The molecule has 0 radical (unpaired) electrons. The van der Waals surface area contributed by atoms with Gasteiger partial charge in [0, 0.05) is 40.1 Å². The lowest BCUT2D eigenvalue weighted by atomic mass is 9.80. The van der Waals surface area contributed by atoms with Crippen LogP contribution in [0.1, 0.15) is 23.7 Å². The molecule has 130 valence electrons. The Bertz CT molecular complexity index is 1100. The monoisotopic (exact) mass is 409 g/mol. The smallest absolute Gasteiger partial charge is 0.261 e. The summed E-state index contributed by atoms with van der Waals surface area (Å²) in [5.74, 6) is -0.300. The zero-order valence-corrected chi connectivity index (χ0v) is 15.7. The summed E-state index contributed by atoms with van der Waals surface area (Å²) in [7, 11) is 0. The van der Waals surface area contributed by atoms with E-state index in [1.165, 1.54) is 6.92 Å². The number of nitrogens with one attached hydrogen (secondary N) is 2. The number of nitrogens with zero attached hydrogens (tertiary/aromatic N) is 1. The third-order valence-electron chi connectivity index (χ3n) is 5.49. The summed E-state index contributed by atoms with van der Waals surface area (Å²) in [6.07, 6.45) is 0.720. The predicted octanol–water partition coefficient (Wildman–Crippen LogP) is 3.53. The van der Waals surface area contributed by atoms with Crippen LogP contribution < -0.4 is 5.32 Å². The summed E-state index contributed by atoms with van der Waals surface area (Å²) in [5.41, 5.74) is 3.29. The van der Waals surface area contributed by atoms with Gasteiger partial charge in [-0.3, -0.25) is 9.59 Å². The first-order valence-corrected chi connectivity index (χ1v) is 9.32. The minimum atomic E-state index is -1.16. The van der Waals surface area contributed by atoms with Gasteiger partial charge in [0.25, 0.3) is 5.91 Å². The molecule has 2 aliphatic rings. The normalized spacial score (nSPS) is 21.0. The highest BCUT2D eigenvalue weighted by Gasteiger charge is 2.57. The molecule has 1 atom stereocenters. The van der Waals surface area contributed by atoms with Gasteiger partial charge in [-0.25, -0.2) is 0 Å². The van der Waals surface area contributed by atoms with Gasteiger partial charge in [-0.2, -0.15) is 0 Å². The maximum absolute atomic E-state index is 13.3. The van der Waals surface area contributed by atoms with Crippen LogP contribution in [-0.2, 0) is 21.5 Å². The van der Waals surface area contributed by atoms with E-state index >= 15 is 0 Å². The molecule has 1 aromatic heterocycles. The maximum atomic E-state index is 13.3. The van der Waals surface area contributed by atoms with Gasteiger partial charge in [0.05, 0.1) is 5.69 Å². The highest BCUT2D eigenvalue weighted by molar-refractivity contribution is 9.10. The molecule has 6 heteroatoms. The summed E-state index contributed by atoms with van der Waals surface area (Å²) in [4.78, 5) is 31.0. The second-order valence-electron chi connectivity index (χ2n) is 6.80. The Morgan fingerprint density at radius 2 is 2.04 bits per heavy atom. The van der Waals surface area contributed by atoms with Crippen LogP contribution >= 0.6 is 15.9 Å². The number of anilines is 1. The van der Waals surface area contributed by atoms with Gasteiger partial charge in [0.15, 0.2) is 5.54 Å². The van der Waals surface area contributed by atoms with Crippen LogP contribution in [0.3, 0.4) is 0 Å². The lowest BCUT2D eigenvalue weighted by Gasteiger charge is -2.42. The fourth-order valence-corrected chi connectivity index (χ4v) is 4.83. The van der Waals surface area contributed by atoms with E-state index in [0.717, 1.165) is 44.3 Å². The molecule has 3 aromatic rings. The number of rotatable bonds is 0. The van der Waals surface area contributed by atoms with E-state index in [0.29, 0.717) is 6.54 Å². The fraction of sp³-hybridized carbons (Fsp3) is 0.200. The van der Waals surface area contributed by atoms with Crippen LogP contribution in [0.15, 0.2) is 46.9 Å². The molecule has 0 bridgehead atoms. The van der Waals surface area contributed by atoms with E-state index in [9.17, 15) is 9.59 Å². The van der Waals surface area contributed by atoms with Crippen LogP contribution in [0.4, 0.5) is 5.69 Å². The van der Waals surface area contributed by atoms with Gasteiger partial charge in [0.2, 0.25) is 5.91 Å². The average molecular weight is 410 g/mol. The van der Waals surface area contributed by atoms with E-state index in [1.54, 1.807) is 4.90 Å². The molecule has 0 saturated carbocycles. The Kier molecular flexibility index (Phi) is 3.13. The zero-order chi connectivity index (χ0) is 18.1. The van der Waals surface area contributed by atoms with Crippen molar-refractivity contribution in [3.05, 3.63) is 63.8 Å². The topological polar surface area (TPSA) is 65.2 Å². The summed E-state index contributed by atoms with van der Waals surface area (Å²) >= 11 is 3.51. The van der Waals surface area contributed by atoms with Gasteiger partial charge in [-0.05, 0) is 36.2 Å². The Labute approximate surface area is 158 Å². The third-order valence-corrected chi connectivity index (χ3v) is 5.99. The quantitative estimate of drug-likeness (QED) is 0.596. The van der Waals surface area contributed by atoms with Crippen molar-refractivity contribution < 1.29 is 9.59 Å². The molecule has 26 heavy (non-hydrogen) atoms. The van der Waals surface area contributed by atoms with E-state index in [2.05, 4.69) is 32.3 Å². The highest BCUT2D eigenvalue weighted by Crippen LogP contribution is 2.50. The van der Waals surface area contributed by atoms with Crippen molar-refractivity contribution in [2.45, 2.75) is 18.9 Å². The number of benzene rings is 2. The minimum absolute atomic E-state index is 0.114. The number of halogens is 1. The van der Waals surface area contributed by atoms with Crippen molar-refractivity contribution in [3.8, 4) is 0 Å².